The predicted octanol–water partition coefficient (Wildman–Crippen LogP) is 4.90. The van der Waals surface area contributed by atoms with Gasteiger partial charge in [0.2, 0.25) is 5.91 Å². The Morgan fingerprint density at radius 2 is 1.88 bits per heavy atom. The van der Waals surface area contributed by atoms with Crippen molar-refractivity contribution in [3.05, 3.63) is 60.4 Å². The Hall–Kier alpha value is -2.86. The van der Waals surface area contributed by atoms with Gasteiger partial charge < -0.3 is 19.4 Å². The van der Waals surface area contributed by atoms with Gasteiger partial charge in [-0.1, -0.05) is 36.8 Å². The largest absolute Gasteiger partial charge is 0.494 e. The lowest BCUT2D eigenvalue weighted by Gasteiger charge is -2.11. The monoisotopic (exact) mass is 449 g/mol. The topological polar surface area (TPSA) is 65.4 Å². The molecule has 1 atom stereocenters. The summed E-state index contributed by atoms with van der Waals surface area (Å²) >= 11 is 0. The quantitative estimate of drug-likeness (QED) is 0.377. The lowest BCUT2D eigenvalue weighted by atomic mass is 10.1. The highest BCUT2D eigenvalue weighted by Gasteiger charge is 2.22. The number of carbonyl (C=O) groups is 1. The van der Waals surface area contributed by atoms with Gasteiger partial charge in [0.25, 0.3) is 0 Å². The van der Waals surface area contributed by atoms with Gasteiger partial charge in [0.15, 0.2) is 0 Å². The zero-order valence-corrected chi connectivity index (χ0v) is 19.4. The molecule has 0 radical (unpaired) electrons. The first-order chi connectivity index (χ1) is 16.3. The van der Waals surface area contributed by atoms with E-state index >= 15 is 0 Å². The Bertz CT molecular complexity index is 996. The molecule has 33 heavy (non-hydrogen) atoms. The number of unbranched alkanes of at least 4 members (excludes halogenated alkanes) is 3. The fourth-order valence-corrected chi connectivity index (χ4v) is 4.34. The van der Waals surface area contributed by atoms with Crippen LogP contribution < -0.4 is 10.1 Å². The summed E-state index contributed by atoms with van der Waals surface area (Å²) in [6.45, 7) is 3.10. The van der Waals surface area contributed by atoms with Crippen LogP contribution in [0, 0.1) is 0 Å². The van der Waals surface area contributed by atoms with E-state index in [-0.39, 0.29) is 12.0 Å². The van der Waals surface area contributed by atoms with E-state index in [1.807, 2.05) is 36.4 Å². The molecule has 2 heterocycles. The van der Waals surface area contributed by atoms with Crippen LogP contribution in [0.4, 0.5) is 0 Å². The Balaban J connectivity index is 1.20. The number of nitrogens with zero attached hydrogens (tertiary/aromatic N) is 2. The molecule has 0 aliphatic carbocycles. The van der Waals surface area contributed by atoms with E-state index in [0.29, 0.717) is 6.61 Å². The number of carbonyl (C=O) groups excluding carboxylic acids is 1. The number of para-hydroxylation sites is 3. The summed E-state index contributed by atoms with van der Waals surface area (Å²) in [7, 11) is 0. The lowest BCUT2D eigenvalue weighted by Crippen LogP contribution is -2.34. The van der Waals surface area contributed by atoms with Crippen LogP contribution in [0.2, 0.25) is 0 Å². The maximum Gasteiger partial charge on any atom is 0.249 e. The number of rotatable bonds is 13. The molecule has 0 saturated carbocycles. The number of hydrogen-bond acceptors (Lipinski definition) is 4. The van der Waals surface area contributed by atoms with Gasteiger partial charge in [-0.25, -0.2) is 4.98 Å². The van der Waals surface area contributed by atoms with Gasteiger partial charge >= 0.3 is 0 Å². The second-order valence-electron chi connectivity index (χ2n) is 8.64. The summed E-state index contributed by atoms with van der Waals surface area (Å²) in [5.41, 5.74) is 2.28. The molecule has 0 spiro atoms. The molecule has 0 bridgehead atoms. The third-order valence-electron chi connectivity index (χ3n) is 6.12. The molecule has 1 aliphatic heterocycles. The van der Waals surface area contributed by atoms with E-state index in [4.69, 9.17) is 14.5 Å². The van der Waals surface area contributed by atoms with Crippen LogP contribution >= 0.6 is 0 Å². The van der Waals surface area contributed by atoms with Gasteiger partial charge in [-0.3, -0.25) is 4.79 Å². The Kier molecular flexibility index (Phi) is 8.76. The SMILES string of the molecule is O=C(NCCCCCc1nc2ccccc2n1CCCCOc1ccccc1)C1CCCO1. The third kappa shape index (κ3) is 6.81. The average molecular weight is 450 g/mol. The van der Waals surface area contributed by atoms with Crippen molar-refractivity contribution >= 4 is 16.9 Å². The highest BCUT2D eigenvalue weighted by Crippen LogP contribution is 2.19. The Labute approximate surface area is 196 Å². The minimum absolute atomic E-state index is 0.0468. The lowest BCUT2D eigenvalue weighted by molar-refractivity contribution is -0.130. The zero-order valence-electron chi connectivity index (χ0n) is 19.4. The Morgan fingerprint density at radius 1 is 1.03 bits per heavy atom. The van der Waals surface area contributed by atoms with Crippen molar-refractivity contribution in [3.8, 4) is 5.75 Å². The molecule has 1 aromatic heterocycles. The van der Waals surface area contributed by atoms with Gasteiger partial charge in [0, 0.05) is 26.1 Å². The van der Waals surface area contributed by atoms with E-state index in [2.05, 4.69) is 28.1 Å². The second-order valence-corrected chi connectivity index (χ2v) is 8.64. The standard InChI is InChI=1S/C27H35N3O3/c31-27(25-16-11-21-33-25)28-18-8-2-5-17-26-29-23-14-6-7-15-24(23)30(26)19-9-10-20-32-22-12-3-1-4-13-22/h1,3-4,6-7,12-15,25H,2,5,8-11,16-21H2,(H,28,31). The maximum atomic E-state index is 12.0. The summed E-state index contributed by atoms with van der Waals surface area (Å²) in [4.78, 5) is 16.9. The minimum Gasteiger partial charge on any atom is -0.494 e. The van der Waals surface area contributed by atoms with E-state index in [1.54, 1.807) is 0 Å². The van der Waals surface area contributed by atoms with Crippen molar-refractivity contribution < 1.29 is 14.3 Å². The number of nitrogens with one attached hydrogen (secondary N) is 1. The van der Waals surface area contributed by atoms with E-state index in [1.165, 1.54) is 5.52 Å². The molecule has 1 N–H and O–H groups in total. The number of amides is 1. The second kappa shape index (κ2) is 12.4. The van der Waals surface area contributed by atoms with Gasteiger partial charge in [0.1, 0.15) is 17.7 Å². The van der Waals surface area contributed by atoms with Gasteiger partial charge in [-0.05, 0) is 62.8 Å². The summed E-state index contributed by atoms with van der Waals surface area (Å²) in [5, 5.41) is 3.01. The summed E-state index contributed by atoms with van der Waals surface area (Å²) in [5.74, 6) is 2.13. The zero-order chi connectivity index (χ0) is 22.7. The molecule has 1 unspecified atom stereocenters. The number of hydrogen-bond donors (Lipinski definition) is 1. The van der Waals surface area contributed by atoms with Crippen molar-refractivity contribution in [2.75, 3.05) is 19.8 Å². The molecule has 1 aliphatic rings. The minimum atomic E-state index is -0.233. The van der Waals surface area contributed by atoms with E-state index in [9.17, 15) is 4.79 Å². The Morgan fingerprint density at radius 3 is 2.73 bits per heavy atom. The van der Waals surface area contributed by atoms with Crippen molar-refractivity contribution in [3.63, 3.8) is 0 Å². The number of fused-ring (bicyclic) bond motifs is 1. The molecule has 3 aromatic rings. The van der Waals surface area contributed by atoms with Crippen LogP contribution in [-0.2, 0) is 22.5 Å². The fourth-order valence-electron chi connectivity index (χ4n) is 4.34. The van der Waals surface area contributed by atoms with Crippen LogP contribution in [0.1, 0.15) is 50.8 Å². The normalized spacial score (nSPS) is 15.7. The van der Waals surface area contributed by atoms with Crippen molar-refractivity contribution in [2.45, 2.75) is 64.0 Å². The number of imidazole rings is 1. The van der Waals surface area contributed by atoms with Crippen LogP contribution in [0.15, 0.2) is 54.6 Å². The van der Waals surface area contributed by atoms with Crippen molar-refractivity contribution in [2.24, 2.45) is 0 Å². The first-order valence-corrected chi connectivity index (χ1v) is 12.3. The molecule has 4 rings (SSSR count). The number of aromatic nitrogens is 2. The van der Waals surface area contributed by atoms with Crippen molar-refractivity contribution in [1.82, 2.24) is 14.9 Å². The number of benzene rings is 2. The molecule has 2 aromatic carbocycles. The van der Waals surface area contributed by atoms with Crippen LogP contribution in [0.3, 0.4) is 0 Å². The summed E-state index contributed by atoms with van der Waals surface area (Å²) < 4.78 is 13.6. The molecule has 6 heteroatoms. The highest BCUT2D eigenvalue weighted by molar-refractivity contribution is 5.80. The first kappa shape index (κ1) is 23.3. The molecule has 1 amide bonds. The molecular formula is C27H35N3O3. The van der Waals surface area contributed by atoms with Gasteiger partial charge in [-0.2, -0.15) is 0 Å². The van der Waals surface area contributed by atoms with E-state index < -0.39 is 0 Å². The van der Waals surface area contributed by atoms with Crippen LogP contribution in [-0.4, -0.2) is 41.3 Å². The number of aryl methyl sites for hydroxylation is 2. The smallest absolute Gasteiger partial charge is 0.249 e. The predicted molar refractivity (Wildman–Crippen MR) is 130 cm³/mol. The maximum absolute atomic E-state index is 12.0. The summed E-state index contributed by atoms with van der Waals surface area (Å²) in [6, 6.07) is 18.4. The molecule has 1 saturated heterocycles. The average Bonchev–Trinajstić information content (AvgIpc) is 3.50. The molecule has 176 valence electrons. The van der Waals surface area contributed by atoms with Gasteiger partial charge in [0.05, 0.1) is 17.6 Å². The molecular weight excluding hydrogens is 414 g/mol. The molecule has 6 nitrogen and oxygen atoms in total. The van der Waals surface area contributed by atoms with Crippen molar-refractivity contribution in [1.29, 1.82) is 0 Å². The van der Waals surface area contributed by atoms with Gasteiger partial charge in [-0.15, -0.1) is 0 Å². The summed E-state index contributed by atoms with van der Waals surface area (Å²) in [6.07, 6.45) is 7.73. The fraction of sp³-hybridized carbons (Fsp3) is 0.481. The van der Waals surface area contributed by atoms with Crippen LogP contribution in [0.25, 0.3) is 11.0 Å². The molecule has 1 fully saturated rings. The van der Waals surface area contributed by atoms with Crippen LogP contribution in [0.5, 0.6) is 5.75 Å². The first-order valence-electron chi connectivity index (χ1n) is 12.3. The highest BCUT2D eigenvalue weighted by atomic mass is 16.5. The number of ether oxygens (including phenoxy) is 2. The van der Waals surface area contributed by atoms with E-state index in [0.717, 1.165) is 88.2 Å². The third-order valence-corrected chi connectivity index (χ3v) is 6.12.